The maximum atomic E-state index is 11.4. The monoisotopic (exact) mass is 226 g/mol. The van der Waals surface area contributed by atoms with Crippen molar-refractivity contribution in [1.82, 2.24) is 5.32 Å². The molecular formula is C11H18N2O3. The predicted molar refractivity (Wildman–Crippen MR) is 59.7 cm³/mol. The minimum absolute atomic E-state index is 0.323. The van der Waals surface area contributed by atoms with Crippen LogP contribution >= 0.6 is 0 Å². The summed E-state index contributed by atoms with van der Waals surface area (Å²) in [7, 11) is 0. The Morgan fingerprint density at radius 3 is 2.81 bits per heavy atom. The topological polar surface area (TPSA) is 92.4 Å². The molecule has 0 bridgehead atoms. The molecule has 5 heteroatoms. The minimum atomic E-state index is -1.05. The van der Waals surface area contributed by atoms with E-state index in [1.807, 2.05) is 0 Å². The first-order valence-electron chi connectivity index (χ1n) is 5.49. The van der Waals surface area contributed by atoms with E-state index < -0.39 is 12.0 Å². The second kappa shape index (κ2) is 6.27. The summed E-state index contributed by atoms with van der Waals surface area (Å²) in [6.45, 7) is 0.580. The molecule has 0 heterocycles. The number of aliphatic carboxylic acids is 1. The van der Waals surface area contributed by atoms with Crippen LogP contribution in [-0.2, 0) is 9.59 Å². The van der Waals surface area contributed by atoms with Crippen LogP contribution in [0.25, 0.3) is 0 Å². The molecule has 5 nitrogen and oxygen atoms in total. The molecular weight excluding hydrogens is 208 g/mol. The first-order chi connectivity index (χ1) is 7.59. The van der Waals surface area contributed by atoms with E-state index in [0.717, 1.165) is 19.3 Å². The minimum Gasteiger partial charge on any atom is -0.481 e. The molecule has 1 aliphatic carbocycles. The van der Waals surface area contributed by atoms with Crippen molar-refractivity contribution in [2.24, 2.45) is 11.7 Å². The maximum Gasteiger partial charge on any atom is 0.305 e. The molecule has 0 fully saturated rings. The number of carbonyl (C=O) groups is 2. The van der Waals surface area contributed by atoms with Crippen molar-refractivity contribution < 1.29 is 14.7 Å². The van der Waals surface area contributed by atoms with E-state index >= 15 is 0 Å². The number of hydrogen-bond acceptors (Lipinski definition) is 3. The first-order valence-corrected chi connectivity index (χ1v) is 5.49. The Balaban J connectivity index is 2.23. The molecule has 0 saturated carbocycles. The van der Waals surface area contributed by atoms with Gasteiger partial charge in [0.05, 0.1) is 12.5 Å². The molecule has 90 valence electrons. The third kappa shape index (κ3) is 4.44. The van der Waals surface area contributed by atoms with Gasteiger partial charge in [0.15, 0.2) is 0 Å². The number of nitrogens with one attached hydrogen (secondary N) is 1. The molecule has 0 saturated heterocycles. The second-order valence-corrected chi connectivity index (χ2v) is 4.10. The van der Waals surface area contributed by atoms with Gasteiger partial charge in [0.2, 0.25) is 5.91 Å². The zero-order valence-corrected chi connectivity index (χ0v) is 9.19. The van der Waals surface area contributed by atoms with Gasteiger partial charge in [-0.1, -0.05) is 12.2 Å². The molecule has 0 spiro atoms. The van der Waals surface area contributed by atoms with Crippen molar-refractivity contribution in [3.63, 3.8) is 0 Å². The lowest BCUT2D eigenvalue weighted by Crippen LogP contribution is -2.43. The smallest absolute Gasteiger partial charge is 0.305 e. The van der Waals surface area contributed by atoms with Gasteiger partial charge in [-0.15, -0.1) is 0 Å². The highest BCUT2D eigenvalue weighted by atomic mass is 16.4. The summed E-state index contributed by atoms with van der Waals surface area (Å²) in [4.78, 5) is 21.8. The van der Waals surface area contributed by atoms with Gasteiger partial charge >= 0.3 is 5.97 Å². The molecule has 0 aliphatic heterocycles. The van der Waals surface area contributed by atoms with Crippen molar-refractivity contribution in [1.29, 1.82) is 0 Å². The predicted octanol–water partition coefficient (Wildman–Crippen LogP) is 0.261. The lowest BCUT2D eigenvalue weighted by atomic mass is 9.94. The molecule has 2 unspecified atom stereocenters. The molecule has 1 amide bonds. The lowest BCUT2D eigenvalue weighted by molar-refractivity contribution is -0.139. The van der Waals surface area contributed by atoms with E-state index in [0.29, 0.717) is 12.5 Å². The standard InChI is InChI=1S/C11H18N2O3/c12-9(6-10(14)15)11(16)13-7-8-4-2-1-3-5-8/h1-2,8-9H,3-7,12H2,(H,13,16)(H,14,15). The largest absolute Gasteiger partial charge is 0.481 e. The van der Waals surface area contributed by atoms with Crippen LogP contribution in [0.15, 0.2) is 12.2 Å². The van der Waals surface area contributed by atoms with Crippen LogP contribution in [0.1, 0.15) is 25.7 Å². The summed E-state index contributed by atoms with van der Waals surface area (Å²) in [6, 6.07) is -0.948. The number of carboxylic acids is 1. The van der Waals surface area contributed by atoms with Crippen molar-refractivity contribution in [3.8, 4) is 0 Å². The maximum absolute atomic E-state index is 11.4. The summed E-state index contributed by atoms with van der Waals surface area (Å²) in [5, 5.41) is 11.2. The number of nitrogens with two attached hydrogens (primary N) is 1. The summed E-state index contributed by atoms with van der Waals surface area (Å²) in [6.07, 6.45) is 6.99. The quantitative estimate of drug-likeness (QED) is 0.586. The fraction of sp³-hybridized carbons (Fsp3) is 0.636. The van der Waals surface area contributed by atoms with Crippen LogP contribution in [0, 0.1) is 5.92 Å². The summed E-state index contributed by atoms with van der Waals surface area (Å²) in [5.74, 6) is -0.980. The second-order valence-electron chi connectivity index (χ2n) is 4.10. The average molecular weight is 226 g/mol. The highest BCUT2D eigenvalue weighted by Gasteiger charge is 2.18. The Labute approximate surface area is 94.7 Å². The molecule has 1 aliphatic rings. The third-order valence-electron chi connectivity index (χ3n) is 2.67. The van der Waals surface area contributed by atoms with Gasteiger partial charge in [0.25, 0.3) is 0 Å². The van der Waals surface area contributed by atoms with Gasteiger partial charge in [-0.2, -0.15) is 0 Å². The number of hydrogen-bond donors (Lipinski definition) is 3. The molecule has 4 N–H and O–H groups in total. The number of carbonyl (C=O) groups excluding carboxylic acids is 1. The molecule has 2 atom stereocenters. The highest BCUT2D eigenvalue weighted by Crippen LogP contribution is 2.16. The Morgan fingerprint density at radius 1 is 1.50 bits per heavy atom. The van der Waals surface area contributed by atoms with Crippen LogP contribution < -0.4 is 11.1 Å². The van der Waals surface area contributed by atoms with Crippen LogP contribution in [0.4, 0.5) is 0 Å². The molecule has 0 radical (unpaired) electrons. The highest BCUT2D eigenvalue weighted by molar-refractivity contribution is 5.85. The summed E-state index contributed by atoms with van der Waals surface area (Å²) < 4.78 is 0. The van der Waals surface area contributed by atoms with Crippen molar-refractivity contribution in [3.05, 3.63) is 12.2 Å². The SMILES string of the molecule is NC(CC(=O)O)C(=O)NCC1CC=CCC1. The fourth-order valence-corrected chi connectivity index (χ4v) is 1.70. The van der Waals surface area contributed by atoms with Gasteiger partial charge in [-0.3, -0.25) is 9.59 Å². The van der Waals surface area contributed by atoms with Crippen LogP contribution in [0.5, 0.6) is 0 Å². The van der Waals surface area contributed by atoms with Crippen molar-refractivity contribution in [2.75, 3.05) is 6.54 Å². The van der Waals surface area contributed by atoms with Gasteiger partial charge in [0.1, 0.15) is 0 Å². The average Bonchev–Trinajstić information content (AvgIpc) is 2.26. The van der Waals surface area contributed by atoms with Gasteiger partial charge < -0.3 is 16.2 Å². The Kier molecular flexibility index (Phi) is 4.98. The Hall–Kier alpha value is -1.36. The van der Waals surface area contributed by atoms with E-state index in [1.165, 1.54) is 0 Å². The lowest BCUT2D eigenvalue weighted by Gasteiger charge is -2.19. The summed E-state index contributed by atoms with van der Waals surface area (Å²) >= 11 is 0. The van der Waals surface area contributed by atoms with Crippen molar-refractivity contribution >= 4 is 11.9 Å². The number of carboxylic acid groups (broad SMARTS) is 1. The molecule has 0 aromatic carbocycles. The number of amides is 1. The molecule has 1 rings (SSSR count). The normalized spacial score (nSPS) is 21.4. The van der Waals surface area contributed by atoms with E-state index in [4.69, 9.17) is 10.8 Å². The first kappa shape index (κ1) is 12.7. The van der Waals surface area contributed by atoms with Crippen LogP contribution in [0.3, 0.4) is 0 Å². The summed E-state index contributed by atoms with van der Waals surface area (Å²) in [5.41, 5.74) is 5.43. The van der Waals surface area contributed by atoms with E-state index in [1.54, 1.807) is 0 Å². The Bertz CT molecular complexity index is 289. The third-order valence-corrected chi connectivity index (χ3v) is 2.67. The number of allylic oxidation sites excluding steroid dienone is 2. The Morgan fingerprint density at radius 2 is 2.25 bits per heavy atom. The van der Waals surface area contributed by atoms with Gasteiger partial charge in [-0.05, 0) is 25.2 Å². The van der Waals surface area contributed by atoms with Crippen molar-refractivity contribution in [2.45, 2.75) is 31.7 Å². The zero-order valence-electron chi connectivity index (χ0n) is 9.19. The number of rotatable bonds is 5. The van der Waals surface area contributed by atoms with E-state index in [9.17, 15) is 9.59 Å². The van der Waals surface area contributed by atoms with E-state index in [2.05, 4.69) is 17.5 Å². The zero-order chi connectivity index (χ0) is 12.0. The van der Waals surface area contributed by atoms with Crippen LogP contribution in [-0.4, -0.2) is 29.6 Å². The van der Waals surface area contributed by atoms with E-state index in [-0.39, 0.29) is 12.3 Å². The fourth-order valence-electron chi connectivity index (χ4n) is 1.70. The van der Waals surface area contributed by atoms with Crippen LogP contribution in [0.2, 0.25) is 0 Å². The van der Waals surface area contributed by atoms with Gasteiger partial charge in [-0.25, -0.2) is 0 Å². The molecule has 16 heavy (non-hydrogen) atoms. The van der Waals surface area contributed by atoms with Gasteiger partial charge in [0, 0.05) is 6.54 Å². The molecule has 0 aromatic rings. The molecule has 0 aromatic heterocycles.